The van der Waals surface area contributed by atoms with E-state index in [0.29, 0.717) is 23.3 Å². The first-order valence-corrected chi connectivity index (χ1v) is 9.60. The number of likely N-dealkylation sites (tertiary alicyclic amines) is 1. The molecule has 5 heterocycles. The SMILES string of the molecule is Nc1cc(-c2cc3n(c(=O)c2)C[C@H]2C[C@@H]3CN(Cc3ccccn3)C2)ncn1. The Kier molecular flexibility index (Phi) is 4.16. The summed E-state index contributed by atoms with van der Waals surface area (Å²) in [7, 11) is 0. The number of hydrogen-bond donors (Lipinski definition) is 1. The highest BCUT2D eigenvalue weighted by Gasteiger charge is 2.35. The molecule has 1 fully saturated rings. The van der Waals surface area contributed by atoms with Crippen LogP contribution in [-0.4, -0.2) is 37.5 Å². The Bertz CT molecular complexity index is 1060. The second kappa shape index (κ2) is 6.83. The van der Waals surface area contributed by atoms with Crippen molar-refractivity contribution in [2.45, 2.75) is 25.4 Å². The van der Waals surface area contributed by atoms with Crippen LogP contribution in [0.4, 0.5) is 5.82 Å². The van der Waals surface area contributed by atoms with E-state index >= 15 is 0 Å². The topological polar surface area (TPSA) is 89.9 Å². The number of piperidine rings is 1. The smallest absolute Gasteiger partial charge is 0.251 e. The van der Waals surface area contributed by atoms with Gasteiger partial charge in [0.2, 0.25) is 0 Å². The van der Waals surface area contributed by atoms with Crippen molar-refractivity contribution in [2.75, 3.05) is 18.8 Å². The Morgan fingerprint density at radius 2 is 2.00 bits per heavy atom. The van der Waals surface area contributed by atoms with Gasteiger partial charge in [-0.25, -0.2) is 9.97 Å². The number of rotatable bonds is 3. The summed E-state index contributed by atoms with van der Waals surface area (Å²) in [6, 6.07) is 11.5. The third-order valence-electron chi connectivity index (χ3n) is 5.73. The minimum absolute atomic E-state index is 0.0394. The summed E-state index contributed by atoms with van der Waals surface area (Å²) in [5.41, 5.74) is 9.53. The molecule has 2 aliphatic rings. The molecule has 0 radical (unpaired) electrons. The molecule has 2 aliphatic heterocycles. The molecular formula is C21H22N6O. The van der Waals surface area contributed by atoms with Crippen LogP contribution in [0.2, 0.25) is 0 Å². The maximum absolute atomic E-state index is 12.8. The second-order valence-corrected chi connectivity index (χ2v) is 7.76. The summed E-state index contributed by atoms with van der Waals surface area (Å²) in [5, 5.41) is 0. The quantitative estimate of drug-likeness (QED) is 0.753. The molecule has 0 amide bonds. The van der Waals surface area contributed by atoms with Crippen LogP contribution in [0, 0.1) is 5.92 Å². The summed E-state index contributed by atoms with van der Waals surface area (Å²) in [4.78, 5) is 28.0. The highest BCUT2D eigenvalue weighted by atomic mass is 16.1. The number of nitrogen functional groups attached to an aromatic ring is 1. The van der Waals surface area contributed by atoms with E-state index in [-0.39, 0.29) is 5.56 Å². The minimum Gasteiger partial charge on any atom is -0.384 e. The van der Waals surface area contributed by atoms with E-state index in [1.165, 1.54) is 6.33 Å². The van der Waals surface area contributed by atoms with Crippen LogP contribution in [0.15, 0.2) is 53.7 Å². The number of fused-ring (bicyclic) bond motifs is 4. The van der Waals surface area contributed by atoms with E-state index in [2.05, 4.69) is 32.0 Å². The number of anilines is 1. The molecule has 0 aliphatic carbocycles. The summed E-state index contributed by atoms with van der Waals surface area (Å²) >= 11 is 0. The molecule has 28 heavy (non-hydrogen) atoms. The molecule has 142 valence electrons. The molecule has 0 spiro atoms. The molecule has 0 aromatic carbocycles. The molecule has 2 bridgehead atoms. The lowest BCUT2D eigenvalue weighted by Gasteiger charge is -2.42. The van der Waals surface area contributed by atoms with Gasteiger partial charge in [-0.1, -0.05) is 6.07 Å². The van der Waals surface area contributed by atoms with Gasteiger partial charge in [-0.3, -0.25) is 14.7 Å². The Morgan fingerprint density at radius 1 is 1.07 bits per heavy atom. The fourth-order valence-corrected chi connectivity index (χ4v) is 4.59. The van der Waals surface area contributed by atoms with Crippen LogP contribution in [0.1, 0.15) is 23.7 Å². The Hall–Kier alpha value is -3.06. The zero-order valence-corrected chi connectivity index (χ0v) is 15.5. The van der Waals surface area contributed by atoms with Gasteiger partial charge in [-0.05, 0) is 30.5 Å². The summed E-state index contributed by atoms with van der Waals surface area (Å²) in [6.45, 7) is 3.56. The van der Waals surface area contributed by atoms with Gasteiger partial charge in [0.1, 0.15) is 12.1 Å². The van der Waals surface area contributed by atoms with Crippen molar-refractivity contribution >= 4 is 5.82 Å². The standard InChI is InChI=1S/C21H22N6O/c22-20-8-18(24-13-25-20)15-6-19-16-5-14(10-27(19)21(28)7-15)9-26(11-16)12-17-3-1-2-4-23-17/h1-4,6-8,13-14,16H,5,9-12H2,(H2,22,24,25)/t14-,16+/m0/s1. The van der Waals surface area contributed by atoms with E-state index in [0.717, 1.165) is 49.6 Å². The van der Waals surface area contributed by atoms with E-state index in [1.54, 1.807) is 12.1 Å². The zero-order chi connectivity index (χ0) is 19.1. The molecule has 1 saturated heterocycles. The van der Waals surface area contributed by atoms with Gasteiger partial charge < -0.3 is 10.3 Å². The van der Waals surface area contributed by atoms with Gasteiger partial charge in [0.25, 0.3) is 5.56 Å². The normalized spacial score (nSPS) is 21.3. The van der Waals surface area contributed by atoms with E-state index in [1.807, 2.05) is 22.9 Å². The molecular weight excluding hydrogens is 352 g/mol. The summed E-state index contributed by atoms with van der Waals surface area (Å²) in [6.07, 6.45) is 4.40. The first kappa shape index (κ1) is 17.1. The first-order valence-electron chi connectivity index (χ1n) is 9.60. The van der Waals surface area contributed by atoms with Crippen LogP contribution in [0.5, 0.6) is 0 Å². The number of pyridine rings is 2. The van der Waals surface area contributed by atoms with Gasteiger partial charge in [0.15, 0.2) is 0 Å². The van der Waals surface area contributed by atoms with Crippen LogP contribution in [0.25, 0.3) is 11.3 Å². The predicted molar refractivity (Wildman–Crippen MR) is 107 cm³/mol. The molecule has 2 N–H and O–H groups in total. The van der Waals surface area contributed by atoms with Gasteiger partial charge in [0, 0.05) is 61.7 Å². The number of aromatic nitrogens is 4. The van der Waals surface area contributed by atoms with Gasteiger partial charge in [-0.15, -0.1) is 0 Å². The average molecular weight is 374 g/mol. The second-order valence-electron chi connectivity index (χ2n) is 7.76. The highest BCUT2D eigenvalue weighted by molar-refractivity contribution is 5.61. The Morgan fingerprint density at radius 3 is 2.82 bits per heavy atom. The van der Waals surface area contributed by atoms with Crippen molar-refractivity contribution in [3.63, 3.8) is 0 Å². The molecule has 2 atom stereocenters. The fraction of sp³-hybridized carbons (Fsp3) is 0.333. The number of nitrogens with two attached hydrogens (primary N) is 1. The van der Waals surface area contributed by atoms with Gasteiger partial charge in [0.05, 0.1) is 11.4 Å². The van der Waals surface area contributed by atoms with E-state index < -0.39 is 0 Å². The fourth-order valence-electron chi connectivity index (χ4n) is 4.59. The summed E-state index contributed by atoms with van der Waals surface area (Å²) < 4.78 is 1.95. The lowest BCUT2D eigenvalue weighted by atomic mass is 9.82. The lowest BCUT2D eigenvalue weighted by Crippen LogP contribution is -2.46. The molecule has 7 heteroatoms. The van der Waals surface area contributed by atoms with Crippen LogP contribution < -0.4 is 11.3 Å². The van der Waals surface area contributed by atoms with Crippen LogP contribution >= 0.6 is 0 Å². The van der Waals surface area contributed by atoms with E-state index in [9.17, 15) is 4.79 Å². The molecule has 0 saturated carbocycles. The number of nitrogens with zero attached hydrogens (tertiary/aromatic N) is 5. The molecule has 0 unspecified atom stereocenters. The van der Waals surface area contributed by atoms with Crippen molar-refractivity contribution < 1.29 is 0 Å². The van der Waals surface area contributed by atoms with Crippen LogP contribution in [-0.2, 0) is 13.1 Å². The minimum atomic E-state index is 0.0394. The van der Waals surface area contributed by atoms with Gasteiger partial charge >= 0.3 is 0 Å². The Labute approximate surface area is 162 Å². The van der Waals surface area contributed by atoms with Crippen molar-refractivity contribution in [3.05, 3.63) is 70.7 Å². The zero-order valence-electron chi connectivity index (χ0n) is 15.5. The Balaban J connectivity index is 1.47. The maximum atomic E-state index is 12.8. The largest absolute Gasteiger partial charge is 0.384 e. The van der Waals surface area contributed by atoms with Gasteiger partial charge in [-0.2, -0.15) is 0 Å². The van der Waals surface area contributed by atoms with Crippen LogP contribution in [0.3, 0.4) is 0 Å². The maximum Gasteiger partial charge on any atom is 0.251 e. The third-order valence-corrected chi connectivity index (χ3v) is 5.73. The van der Waals surface area contributed by atoms with Crippen molar-refractivity contribution in [2.24, 2.45) is 5.92 Å². The highest BCUT2D eigenvalue weighted by Crippen LogP contribution is 2.36. The molecule has 3 aromatic heterocycles. The summed E-state index contributed by atoms with van der Waals surface area (Å²) in [5.74, 6) is 1.23. The molecule has 5 rings (SSSR count). The molecule has 7 nitrogen and oxygen atoms in total. The van der Waals surface area contributed by atoms with Crippen molar-refractivity contribution in [3.8, 4) is 11.3 Å². The average Bonchev–Trinajstić information content (AvgIpc) is 2.69. The first-order chi connectivity index (χ1) is 13.7. The predicted octanol–water partition coefficient (Wildman–Crippen LogP) is 1.90. The number of hydrogen-bond acceptors (Lipinski definition) is 6. The van der Waals surface area contributed by atoms with Crippen molar-refractivity contribution in [1.82, 2.24) is 24.4 Å². The lowest BCUT2D eigenvalue weighted by molar-refractivity contribution is 0.113. The molecule has 3 aromatic rings. The monoisotopic (exact) mass is 374 g/mol. The van der Waals surface area contributed by atoms with Crippen molar-refractivity contribution in [1.29, 1.82) is 0 Å². The van der Waals surface area contributed by atoms with E-state index in [4.69, 9.17) is 5.73 Å². The third kappa shape index (κ3) is 3.18.